The van der Waals surface area contributed by atoms with Crippen molar-refractivity contribution < 1.29 is 14.4 Å². The van der Waals surface area contributed by atoms with Gasteiger partial charge in [-0.15, -0.1) is 0 Å². The Morgan fingerprint density at radius 3 is 2.42 bits per heavy atom. The molecule has 0 radical (unpaired) electrons. The van der Waals surface area contributed by atoms with Crippen molar-refractivity contribution in [1.29, 1.82) is 0 Å². The molecule has 136 valence electrons. The zero-order chi connectivity index (χ0) is 18.8. The van der Waals surface area contributed by atoms with E-state index in [0.717, 1.165) is 24.2 Å². The smallest absolute Gasteiger partial charge is 0.253 e. The summed E-state index contributed by atoms with van der Waals surface area (Å²) in [7, 11) is 0. The second kappa shape index (κ2) is 7.15. The highest BCUT2D eigenvalue weighted by Gasteiger charge is 2.22. The summed E-state index contributed by atoms with van der Waals surface area (Å²) in [6.07, 6.45) is 1.50. The number of amides is 2. The zero-order valence-electron chi connectivity index (χ0n) is 15.3. The highest BCUT2D eigenvalue weighted by molar-refractivity contribution is 6.02. The lowest BCUT2D eigenvalue weighted by molar-refractivity contribution is -0.117. The Kier molecular flexibility index (Phi) is 4.93. The van der Waals surface area contributed by atoms with E-state index in [-0.39, 0.29) is 17.6 Å². The second-order valence-corrected chi connectivity index (χ2v) is 6.68. The van der Waals surface area contributed by atoms with Crippen LogP contribution in [0.4, 0.5) is 5.69 Å². The summed E-state index contributed by atoms with van der Waals surface area (Å²) < 4.78 is 0. The van der Waals surface area contributed by atoms with Crippen LogP contribution < -0.4 is 10.2 Å². The number of hydrogen-bond acceptors (Lipinski definition) is 3. The van der Waals surface area contributed by atoms with Gasteiger partial charge in [0.05, 0.1) is 11.3 Å². The minimum atomic E-state index is -0.206. The Labute approximate surface area is 152 Å². The number of aromatic nitrogens is 1. The largest absolute Gasteiger partial charge is 0.355 e. The molecule has 2 aromatic rings. The maximum absolute atomic E-state index is 12.5. The lowest BCUT2D eigenvalue weighted by Gasteiger charge is -2.16. The van der Waals surface area contributed by atoms with Crippen LogP contribution in [0.1, 0.15) is 57.4 Å². The van der Waals surface area contributed by atoms with Crippen LogP contribution in [0.3, 0.4) is 0 Å². The van der Waals surface area contributed by atoms with Crippen molar-refractivity contribution in [1.82, 2.24) is 10.3 Å². The van der Waals surface area contributed by atoms with Crippen LogP contribution in [0.15, 0.2) is 24.3 Å². The molecule has 0 atom stereocenters. The number of carbonyl (C=O) groups is 3. The minimum Gasteiger partial charge on any atom is -0.355 e. The van der Waals surface area contributed by atoms with E-state index in [1.807, 2.05) is 24.3 Å². The molecule has 3 rings (SSSR count). The molecule has 26 heavy (non-hydrogen) atoms. The molecule has 1 saturated heterocycles. The number of H-pyrrole nitrogens is 1. The van der Waals surface area contributed by atoms with E-state index in [1.54, 1.807) is 18.7 Å². The fraction of sp³-hybridized carbons (Fsp3) is 0.350. The summed E-state index contributed by atoms with van der Waals surface area (Å²) in [5.41, 5.74) is 4.21. The molecule has 1 fully saturated rings. The van der Waals surface area contributed by atoms with Crippen LogP contribution in [0.2, 0.25) is 0 Å². The van der Waals surface area contributed by atoms with Gasteiger partial charge in [-0.3, -0.25) is 14.4 Å². The number of nitrogens with zero attached hydrogens (tertiary/aromatic N) is 1. The van der Waals surface area contributed by atoms with Gasteiger partial charge in [-0.2, -0.15) is 0 Å². The molecule has 6 nitrogen and oxygen atoms in total. The van der Waals surface area contributed by atoms with E-state index in [0.29, 0.717) is 35.5 Å². The molecule has 0 bridgehead atoms. The molecular formula is C20H23N3O3. The summed E-state index contributed by atoms with van der Waals surface area (Å²) in [5, 5.41) is 2.90. The van der Waals surface area contributed by atoms with Gasteiger partial charge < -0.3 is 15.2 Å². The van der Waals surface area contributed by atoms with Gasteiger partial charge >= 0.3 is 0 Å². The monoisotopic (exact) mass is 353 g/mol. The Morgan fingerprint density at radius 1 is 1.19 bits per heavy atom. The van der Waals surface area contributed by atoms with E-state index in [2.05, 4.69) is 10.3 Å². The first-order valence-electron chi connectivity index (χ1n) is 8.76. The topological polar surface area (TPSA) is 82.3 Å². The highest BCUT2D eigenvalue weighted by Crippen LogP contribution is 2.22. The van der Waals surface area contributed by atoms with Gasteiger partial charge in [0.15, 0.2) is 5.78 Å². The number of rotatable bonds is 5. The van der Waals surface area contributed by atoms with E-state index >= 15 is 0 Å². The maximum Gasteiger partial charge on any atom is 0.253 e. The molecule has 1 aliphatic rings. The molecule has 6 heteroatoms. The summed E-state index contributed by atoms with van der Waals surface area (Å²) >= 11 is 0. The van der Waals surface area contributed by atoms with Crippen LogP contribution in [-0.4, -0.2) is 29.1 Å². The van der Waals surface area contributed by atoms with Gasteiger partial charge in [0.2, 0.25) is 5.91 Å². The van der Waals surface area contributed by atoms with Crippen molar-refractivity contribution >= 4 is 23.3 Å². The second-order valence-electron chi connectivity index (χ2n) is 6.68. The molecule has 1 aliphatic heterocycles. The average molecular weight is 353 g/mol. The van der Waals surface area contributed by atoms with Gasteiger partial charge in [-0.25, -0.2) is 0 Å². The third-order valence-corrected chi connectivity index (χ3v) is 4.79. The summed E-state index contributed by atoms with van der Waals surface area (Å²) in [4.78, 5) is 40.7. The van der Waals surface area contributed by atoms with Gasteiger partial charge in [0, 0.05) is 37.8 Å². The maximum atomic E-state index is 12.5. The SMILES string of the molecule is CC(=O)c1[nH]c(C)c(C(=O)NCc2ccc(N3CCCC3=O)cc2)c1C. The highest BCUT2D eigenvalue weighted by atomic mass is 16.2. The number of benzene rings is 1. The number of Topliss-reactive ketones (excluding diaryl/α,β-unsaturated/α-hetero) is 1. The predicted molar refractivity (Wildman–Crippen MR) is 99.5 cm³/mol. The van der Waals surface area contributed by atoms with Gasteiger partial charge in [-0.1, -0.05) is 12.1 Å². The Balaban J connectivity index is 1.67. The van der Waals surface area contributed by atoms with Crippen molar-refractivity contribution in [3.63, 3.8) is 0 Å². The number of carbonyl (C=O) groups excluding carboxylic acids is 3. The normalized spacial score (nSPS) is 14.0. The van der Waals surface area contributed by atoms with Crippen LogP contribution in [0.25, 0.3) is 0 Å². The lowest BCUT2D eigenvalue weighted by Crippen LogP contribution is -2.25. The van der Waals surface area contributed by atoms with Crippen LogP contribution in [0, 0.1) is 13.8 Å². The first-order valence-corrected chi connectivity index (χ1v) is 8.76. The molecule has 0 aliphatic carbocycles. The van der Waals surface area contributed by atoms with E-state index < -0.39 is 0 Å². The van der Waals surface area contributed by atoms with E-state index in [9.17, 15) is 14.4 Å². The first-order chi connectivity index (χ1) is 12.4. The van der Waals surface area contributed by atoms with Crippen molar-refractivity contribution in [3.05, 3.63) is 52.3 Å². The fourth-order valence-corrected chi connectivity index (χ4v) is 3.43. The quantitative estimate of drug-likeness (QED) is 0.811. The average Bonchev–Trinajstić information content (AvgIpc) is 3.16. The number of aromatic amines is 1. The molecule has 1 aromatic carbocycles. The Bertz CT molecular complexity index is 865. The summed E-state index contributed by atoms with van der Waals surface area (Å²) in [5.74, 6) is -0.134. The number of aryl methyl sites for hydroxylation is 1. The van der Waals surface area contributed by atoms with Crippen molar-refractivity contribution in [2.75, 3.05) is 11.4 Å². The van der Waals surface area contributed by atoms with E-state index in [1.165, 1.54) is 6.92 Å². The van der Waals surface area contributed by atoms with Crippen molar-refractivity contribution in [2.45, 2.75) is 40.2 Å². The van der Waals surface area contributed by atoms with Crippen LogP contribution in [0.5, 0.6) is 0 Å². The standard InChI is InChI=1S/C20H23N3O3/c1-12-18(13(2)22-19(12)14(3)24)20(26)21-11-15-6-8-16(9-7-15)23-10-4-5-17(23)25/h6-9,22H,4-5,10-11H2,1-3H3,(H,21,26). The van der Waals surface area contributed by atoms with Crippen molar-refractivity contribution in [2.24, 2.45) is 0 Å². The molecule has 1 aromatic heterocycles. The first kappa shape index (κ1) is 17.9. The zero-order valence-corrected chi connectivity index (χ0v) is 15.3. The predicted octanol–water partition coefficient (Wildman–Crippen LogP) is 2.89. The van der Waals surface area contributed by atoms with Crippen LogP contribution in [-0.2, 0) is 11.3 Å². The Hall–Kier alpha value is -2.89. The lowest BCUT2D eigenvalue weighted by atomic mass is 10.1. The molecule has 0 unspecified atom stereocenters. The van der Waals surface area contributed by atoms with Crippen LogP contribution >= 0.6 is 0 Å². The molecule has 2 heterocycles. The third-order valence-electron chi connectivity index (χ3n) is 4.79. The summed E-state index contributed by atoms with van der Waals surface area (Å²) in [6.45, 7) is 6.19. The van der Waals surface area contributed by atoms with Gasteiger partial charge in [0.25, 0.3) is 5.91 Å². The molecular weight excluding hydrogens is 330 g/mol. The number of anilines is 1. The number of hydrogen-bond donors (Lipinski definition) is 2. The van der Waals surface area contributed by atoms with Gasteiger partial charge in [0.1, 0.15) is 0 Å². The third kappa shape index (κ3) is 3.40. The molecule has 2 amide bonds. The summed E-state index contributed by atoms with van der Waals surface area (Å²) in [6, 6.07) is 7.65. The van der Waals surface area contributed by atoms with Gasteiger partial charge in [-0.05, 0) is 43.5 Å². The number of nitrogens with one attached hydrogen (secondary N) is 2. The van der Waals surface area contributed by atoms with E-state index in [4.69, 9.17) is 0 Å². The fourth-order valence-electron chi connectivity index (χ4n) is 3.43. The van der Waals surface area contributed by atoms with Crippen molar-refractivity contribution in [3.8, 4) is 0 Å². The number of ketones is 1. The minimum absolute atomic E-state index is 0.0864. The molecule has 2 N–H and O–H groups in total. The Morgan fingerprint density at radius 2 is 1.88 bits per heavy atom. The molecule has 0 spiro atoms. The molecule has 0 saturated carbocycles.